The van der Waals surface area contributed by atoms with Gasteiger partial charge in [-0.1, -0.05) is 42.0 Å². The molecule has 242 valence electrons. The van der Waals surface area contributed by atoms with Gasteiger partial charge in [0.1, 0.15) is 11.9 Å². The lowest BCUT2D eigenvalue weighted by molar-refractivity contribution is -0.141. The summed E-state index contributed by atoms with van der Waals surface area (Å²) in [6.07, 6.45) is -2.63. The molecule has 15 heteroatoms. The molecule has 0 fully saturated rings. The van der Waals surface area contributed by atoms with Gasteiger partial charge >= 0.3 is 12.1 Å². The molecule has 45 heavy (non-hydrogen) atoms. The van der Waals surface area contributed by atoms with Gasteiger partial charge in [-0.15, -0.1) is 0 Å². The molecule has 0 bridgehead atoms. The van der Waals surface area contributed by atoms with E-state index in [-0.39, 0.29) is 47.0 Å². The van der Waals surface area contributed by atoms with Crippen molar-refractivity contribution in [2.75, 3.05) is 24.6 Å². The van der Waals surface area contributed by atoms with Crippen molar-refractivity contribution in [1.29, 1.82) is 0 Å². The van der Waals surface area contributed by atoms with Crippen LogP contribution in [-0.2, 0) is 31.7 Å². The molecule has 1 aliphatic heterocycles. The fourth-order valence-corrected chi connectivity index (χ4v) is 6.44. The first-order valence-electron chi connectivity index (χ1n) is 13.5. The quantitative estimate of drug-likeness (QED) is 0.126. The van der Waals surface area contributed by atoms with Crippen LogP contribution >= 0.6 is 11.6 Å². The normalized spacial score (nSPS) is 15.5. The fraction of sp³-hybridized carbons (Fsp3) is 0.333. The first-order chi connectivity index (χ1) is 21.1. The average molecular weight is 675 g/mol. The number of aromatic nitrogens is 1. The van der Waals surface area contributed by atoms with Gasteiger partial charge in [-0.2, -0.15) is 13.2 Å². The molecular weight excluding hydrogens is 647 g/mol. The summed E-state index contributed by atoms with van der Waals surface area (Å²) in [6.45, 7) is 1.76. The second-order valence-electron chi connectivity index (χ2n) is 10.00. The van der Waals surface area contributed by atoms with Gasteiger partial charge in [-0.3, -0.25) is 9.10 Å². The van der Waals surface area contributed by atoms with Crippen LogP contribution < -0.4 is 13.8 Å². The number of pyridine rings is 1. The number of carbonyl (C=O) groups excluding carboxylic acids is 1. The lowest BCUT2D eigenvalue weighted by Gasteiger charge is -2.36. The second-order valence-corrected chi connectivity index (χ2v) is 12.2. The van der Waals surface area contributed by atoms with E-state index < -0.39 is 57.1 Å². The summed E-state index contributed by atoms with van der Waals surface area (Å²) in [6, 6.07) is 8.84. The monoisotopic (exact) mass is 674 g/mol. The summed E-state index contributed by atoms with van der Waals surface area (Å²) in [5, 5.41) is 0.0599. The van der Waals surface area contributed by atoms with Gasteiger partial charge < -0.3 is 14.2 Å². The molecule has 0 amide bonds. The highest BCUT2D eigenvalue weighted by Gasteiger charge is 2.40. The Kier molecular flexibility index (Phi) is 9.98. The number of ether oxygens (including phenoxy) is 3. The maximum Gasteiger partial charge on any atom is 0.417 e. The molecule has 0 saturated heterocycles. The number of rotatable bonds is 10. The lowest BCUT2D eigenvalue weighted by Crippen LogP contribution is -2.44. The van der Waals surface area contributed by atoms with E-state index in [1.54, 1.807) is 0 Å². The number of benzene rings is 2. The van der Waals surface area contributed by atoms with Gasteiger partial charge in [0, 0.05) is 35.7 Å². The highest BCUT2D eigenvalue weighted by molar-refractivity contribution is 7.93. The van der Waals surface area contributed by atoms with Crippen molar-refractivity contribution in [3.63, 3.8) is 0 Å². The van der Waals surface area contributed by atoms with E-state index >= 15 is 0 Å². The Morgan fingerprint density at radius 1 is 1.16 bits per heavy atom. The van der Waals surface area contributed by atoms with Gasteiger partial charge in [0.15, 0.2) is 4.90 Å². The molecule has 2 aromatic carbocycles. The molecule has 1 aromatic heterocycles. The number of halogens is 6. The Hall–Kier alpha value is -3.91. The van der Waals surface area contributed by atoms with Crippen molar-refractivity contribution in [3.05, 3.63) is 75.9 Å². The highest BCUT2D eigenvalue weighted by Crippen LogP contribution is 2.42. The van der Waals surface area contributed by atoms with Gasteiger partial charge in [0.2, 0.25) is 5.88 Å². The Morgan fingerprint density at radius 2 is 1.89 bits per heavy atom. The number of alkyl halides is 5. The van der Waals surface area contributed by atoms with Crippen LogP contribution in [-0.4, -0.2) is 45.7 Å². The molecule has 8 nitrogen and oxygen atoms in total. The van der Waals surface area contributed by atoms with Gasteiger partial charge in [0.05, 0.1) is 31.5 Å². The van der Waals surface area contributed by atoms with Crippen LogP contribution in [0, 0.1) is 0 Å². The standard InChI is InChI=1S/C30H28ClF5N2O6S/c1-4-43-28-26(15-19(16-37-28)30(34,35)36)45(40,41)38-17-20(10-13-27(39)42-3)44-25-12-9-18(14-24(25)38)8-11-21-22(29(2,32)33)6-5-7-23(21)31/h5-9,11-12,14-16,20H,4,10,13,17H2,1-3H3. The Balaban J connectivity index is 1.83. The molecule has 0 spiro atoms. The average Bonchev–Trinajstić information content (AvgIpc) is 2.97. The Morgan fingerprint density at radius 3 is 2.53 bits per heavy atom. The maximum absolute atomic E-state index is 14.3. The maximum atomic E-state index is 14.3. The van der Waals surface area contributed by atoms with Crippen LogP contribution in [0.5, 0.6) is 11.6 Å². The molecular formula is C30H28ClF5N2O6S. The van der Waals surface area contributed by atoms with E-state index in [4.69, 9.17) is 21.1 Å². The molecule has 2 heterocycles. The first-order valence-corrected chi connectivity index (χ1v) is 15.3. The van der Waals surface area contributed by atoms with Gasteiger partial charge in [-0.05, 0) is 43.2 Å². The highest BCUT2D eigenvalue weighted by atomic mass is 35.5. The molecule has 1 atom stereocenters. The molecule has 0 N–H and O–H groups in total. The van der Waals surface area contributed by atoms with Crippen LogP contribution in [0.25, 0.3) is 12.2 Å². The summed E-state index contributed by atoms with van der Waals surface area (Å²) < 4.78 is 114. The number of carbonyl (C=O) groups is 1. The van der Waals surface area contributed by atoms with Crippen LogP contribution in [0.4, 0.5) is 27.6 Å². The molecule has 4 rings (SSSR count). The third kappa shape index (κ3) is 7.67. The van der Waals surface area contributed by atoms with Gasteiger partial charge in [-0.25, -0.2) is 22.2 Å². The van der Waals surface area contributed by atoms with Crippen LogP contribution in [0.2, 0.25) is 5.02 Å². The van der Waals surface area contributed by atoms with E-state index in [0.717, 1.165) is 11.2 Å². The number of hydrogen-bond donors (Lipinski definition) is 0. The number of anilines is 1. The van der Waals surface area contributed by atoms with Crippen molar-refractivity contribution >= 4 is 45.4 Å². The van der Waals surface area contributed by atoms with Crippen molar-refractivity contribution in [2.24, 2.45) is 0 Å². The molecule has 0 aliphatic carbocycles. The van der Waals surface area contributed by atoms with E-state index in [1.807, 2.05) is 0 Å². The summed E-state index contributed by atoms with van der Waals surface area (Å²) in [5.74, 6) is -4.27. The SMILES string of the molecule is CCOc1ncc(C(F)(F)F)cc1S(=O)(=O)N1CC(CCC(=O)OC)Oc2ccc(C=Cc3c(Cl)cccc3C(C)(F)F)cc21. The Labute approximate surface area is 261 Å². The lowest BCUT2D eigenvalue weighted by atomic mass is 10.0. The predicted octanol–water partition coefficient (Wildman–Crippen LogP) is 7.34. The zero-order valence-electron chi connectivity index (χ0n) is 24.2. The largest absolute Gasteiger partial charge is 0.486 e. The minimum Gasteiger partial charge on any atom is -0.486 e. The molecule has 0 radical (unpaired) electrons. The number of sulfonamides is 1. The number of nitrogens with zero attached hydrogens (tertiary/aromatic N) is 2. The van der Waals surface area contributed by atoms with Crippen LogP contribution in [0.3, 0.4) is 0 Å². The summed E-state index contributed by atoms with van der Waals surface area (Å²) in [4.78, 5) is 14.6. The van der Waals surface area contributed by atoms with Crippen molar-refractivity contribution < 1.29 is 49.4 Å². The van der Waals surface area contributed by atoms with Crippen LogP contribution in [0.1, 0.15) is 48.9 Å². The molecule has 3 aromatic rings. The van der Waals surface area contributed by atoms with Gasteiger partial charge in [0.25, 0.3) is 15.9 Å². The molecule has 0 saturated carbocycles. The first kappa shape index (κ1) is 34.0. The Bertz CT molecular complexity index is 1710. The third-order valence-electron chi connectivity index (χ3n) is 6.78. The topological polar surface area (TPSA) is 95.0 Å². The number of fused-ring (bicyclic) bond motifs is 1. The summed E-state index contributed by atoms with van der Waals surface area (Å²) in [5.41, 5.74) is -1.30. The van der Waals surface area contributed by atoms with Crippen molar-refractivity contribution in [2.45, 2.75) is 49.8 Å². The number of methoxy groups -OCH3 is 1. The van der Waals surface area contributed by atoms with E-state index in [1.165, 1.54) is 62.6 Å². The number of esters is 1. The van der Waals surface area contributed by atoms with Crippen molar-refractivity contribution in [1.82, 2.24) is 4.98 Å². The summed E-state index contributed by atoms with van der Waals surface area (Å²) >= 11 is 6.21. The van der Waals surface area contributed by atoms with E-state index in [9.17, 15) is 35.2 Å². The van der Waals surface area contributed by atoms with E-state index in [0.29, 0.717) is 17.8 Å². The number of hydrogen-bond acceptors (Lipinski definition) is 7. The summed E-state index contributed by atoms with van der Waals surface area (Å²) in [7, 11) is -3.61. The third-order valence-corrected chi connectivity index (χ3v) is 8.88. The minimum absolute atomic E-state index is 0.0272. The van der Waals surface area contributed by atoms with E-state index in [2.05, 4.69) is 9.72 Å². The molecule has 1 unspecified atom stereocenters. The predicted molar refractivity (Wildman–Crippen MR) is 157 cm³/mol. The zero-order chi connectivity index (χ0) is 33.2. The minimum atomic E-state index is -4.90. The smallest absolute Gasteiger partial charge is 0.417 e. The molecule has 1 aliphatic rings. The zero-order valence-corrected chi connectivity index (χ0v) is 25.8. The second kappa shape index (κ2) is 13.2. The van der Waals surface area contributed by atoms with Crippen molar-refractivity contribution in [3.8, 4) is 11.6 Å². The van der Waals surface area contributed by atoms with Crippen LogP contribution in [0.15, 0.2) is 53.6 Å². The fourth-order valence-electron chi connectivity index (χ4n) is 4.60.